The second kappa shape index (κ2) is 9.38. The van der Waals surface area contributed by atoms with Gasteiger partial charge in [0, 0.05) is 25.5 Å². The van der Waals surface area contributed by atoms with Gasteiger partial charge in [0.1, 0.15) is 18.6 Å². The summed E-state index contributed by atoms with van der Waals surface area (Å²) in [5.74, 6) is -3.72. The molecule has 0 aromatic heterocycles. The maximum absolute atomic E-state index is 14.2. The van der Waals surface area contributed by atoms with E-state index in [0.717, 1.165) is 5.01 Å². The zero-order valence-electron chi connectivity index (χ0n) is 18.0. The number of amides is 1. The predicted molar refractivity (Wildman–Crippen MR) is 109 cm³/mol. The molecule has 9 nitrogen and oxygen atoms in total. The molecule has 2 fully saturated rings. The van der Waals surface area contributed by atoms with Crippen LogP contribution in [0.1, 0.15) is 31.7 Å². The number of halogens is 2. The first-order chi connectivity index (χ1) is 15.2. The van der Waals surface area contributed by atoms with Crippen LogP contribution in [-0.2, 0) is 9.59 Å². The number of hydrogen-bond acceptors (Lipinski definition) is 8. The first-order valence-electron chi connectivity index (χ1n) is 10.0. The van der Waals surface area contributed by atoms with Crippen LogP contribution in [0.25, 0.3) is 0 Å². The van der Waals surface area contributed by atoms with E-state index in [2.05, 4.69) is 11.2 Å². The second-order valence-corrected chi connectivity index (χ2v) is 7.58. The van der Waals surface area contributed by atoms with E-state index in [-0.39, 0.29) is 17.2 Å². The molecule has 2 atom stereocenters. The molecule has 0 bridgehead atoms. The summed E-state index contributed by atoms with van der Waals surface area (Å²) in [5.41, 5.74) is 0.423. The van der Waals surface area contributed by atoms with E-state index < -0.39 is 42.8 Å². The van der Waals surface area contributed by atoms with E-state index in [1.807, 2.05) is 0 Å². The van der Waals surface area contributed by atoms with Gasteiger partial charge in [0.2, 0.25) is 11.7 Å². The quantitative estimate of drug-likeness (QED) is 0.372. The Morgan fingerprint density at radius 3 is 2.50 bits per heavy atom. The number of hydrogen-bond donors (Lipinski definition) is 0. The minimum absolute atomic E-state index is 0.0805. The number of esters is 1. The van der Waals surface area contributed by atoms with Gasteiger partial charge in [0.25, 0.3) is 5.92 Å². The summed E-state index contributed by atoms with van der Waals surface area (Å²) in [4.78, 5) is 25.6. The van der Waals surface area contributed by atoms with Crippen molar-refractivity contribution in [3.05, 3.63) is 17.7 Å². The van der Waals surface area contributed by atoms with Crippen molar-refractivity contribution in [2.24, 2.45) is 5.10 Å². The Balaban J connectivity index is 1.87. The molecule has 3 rings (SSSR count). The lowest BCUT2D eigenvalue weighted by Gasteiger charge is -2.26. The normalized spacial score (nSPS) is 22.1. The largest absolute Gasteiger partial charge is 0.493 e. The van der Waals surface area contributed by atoms with Crippen LogP contribution in [0.5, 0.6) is 17.2 Å². The Kier molecular flexibility index (Phi) is 6.81. The van der Waals surface area contributed by atoms with Gasteiger partial charge in [-0.2, -0.15) is 10.4 Å². The zero-order chi connectivity index (χ0) is 23.5. The monoisotopic (exact) mass is 450 g/mol. The first-order valence-corrected chi connectivity index (χ1v) is 10.0. The van der Waals surface area contributed by atoms with E-state index in [1.165, 1.54) is 44.4 Å². The number of rotatable bonds is 6. The van der Waals surface area contributed by atoms with Gasteiger partial charge in [0.15, 0.2) is 11.5 Å². The molecule has 0 saturated carbocycles. The summed E-state index contributed by atoms with van der Waals surface area (Å²) >= 11 is 0. The molecule has 11 heteroatoms. The molecule has 0 aliphatic carbocycles. The SMILES string of the molecule is COc1cc(/C=N/N2CC(F)(F)C[C@H]2C(=O)N2CCC[C@H]2C#N)cc(OC)c1OC(C)=O. The second-order valence-electron chi connectivity index (χ2n) is 7.58. The molecule has 2 aliphatic rings. The van der Waals surface area contributed by atoms with Crippen molar-refractivity contribution in [1.29, 1.82) is 5.26 Å². The number of methoxy groups -OCH3 is 2. The third kappa shape index (κ3) is 4.90. The number of nitrogens with zero attached hydrogens (tertiary/aromatic N) is 4. The van der Waals surface area contributed by atoms with E-state index in [4.69, 9.17) is 14.2 Å². The average Bonchev–Trinajstić information content (AvgIpc) is 3.35. The number of nitriles is 1. The highest BCUT2D eigenvalue weighted by atomic mass is 19.3. The number of benzene rings is 1. The van der Waals surface area contributed by atoms with E-state index in [9.17, 15) is 23.6 Å². The van der Waals surface area contributed by atoms with Gasteiger partial charge in [-0.05, 0) is 25.0 Å². The summed E-state index contributed by atoms with van der Waals surface area (Å²) in [6.07, 6.45) is 1.82. The number of alkyl halides is 2. The number of ether oxygens (including phenoxy) is 3. The first kappa shape index (κ1) is 23.2. The number of hydrazone groups is 1. The lowest BCUT2D eigenvalue weighted by Crippen LogP contribution is -2.45. The van der Waals surface area contributed by atoms with E-state index >= 15 is 0 Å². The van der Waals surface area contributed by atoms with Crippen molar-refractivity contribution in [3.8, 4) is 23.3 Å². The van der Waals surface area contributed by atoms with Crippen LogP contribution in [0.15, 0.2) is 17.2 Å². The highest BCUT2D eigenvalue weighted by molar-refractivity contribution is 5.85. The van der Waals surface area contributed by atoms with Crippen molar-refractivity contribution < 1.29 is 32.6 Å². The van der Waals surface area contributed by atoms with Crippen LogP contribution >= 0.6 is 0 Å². The smallest absolute Gasteiger partial charge is 0.308 e. The molecule has 32 heavy (non-hydrogen) atoms. The molecule has 0 radical (unpaired) electrons. The molecular formula is C21H24F2N4O5. The third-order valence-corrected chi connectivity index (χ3v) is 5.30. The fraction of sp³-hybridized carbons (Fsp3) is 0.524. The third-order valence-electron chi connectivity index (χ3n) is 5.30. The topological polar surface area (TPSA) is 104 Å². The van der Waals surface area contributed by atoms with Crippen LogP contribution in [0, 0.1) is 11.3 Å². The highest BCUT2D eigenvalue weighted by Crippen LogP contribution is 2.39. The fourth-order valence-corrected chi connectivity index (χ4v) is 3.85. The molecule has 1 aromatic rings. The highest BCUT2D eigenvalue weighted by Gasteiger charge is 2.50. The minimum atomic E-state index is -3.09. The number of likely N-dealkylation sites (tertiary alicyclic amines) is 1. The maximum atomic E-state index is 14.2. The number of carbonyl (C=O) groups excluding carboxylic acids is 2. The lowest BCUT2D eigenvalue weighted by atomic mass is 10.1. The Morgan fingerprint density at radius 2 is 1.94 bits per heavy atom. The van der Waals surface area contributed by atoms with Crippen LogP contribution < -0.4 is 14.2 Å². The molecule has 1 aromatic carbocycles. The summed E-state index contributed by atoms with van der Waals surface area (Å²) in [6.45, 7) is 0.879. The Morgan fingerprint density at radius 1 is 1.28 bits per heavy atom. The summed E-state index contributed by atoms with van der Waals surface area (Å²) in [5, 5.41) is 14.4. The molecule has 0 spiro atoms. The molecule has 0 N–H and O–H groups in total. The molecule has 0 unspecified atom stereocenters. The van der Waals surface area contributed by atoms with Gasteiger partial charge in [-0.3, -0.25) is 14.6 Å². The van der Waals surface area contributed by atoms with Gasteiger partial charge < -0.3 is 19.1 Å². The maximum Gasteiger partial charge on any atom is 0.308 e. The van der Waals surface area contributed by atoms with Crippen LogP contribution in [-0.4, -0.2) is 73.3 Å². The van der Waals surface area contributed by atoms with Crippen molar-refractivity contribution in [2.45, 2.75) is 44.2 Å². The number of carbonyl (C=O) groups is 2. The average molecular weight is 450 g/mol. The summed E-state index contributed by atoms with van der Waals surface area (Å²) < 4.78 is 43.9. The molecule has 1 amide bonds. The Bertz CT molecular complexity index is 937. The molecule has 172 valence electrons. The van der Waals surface area contributed by atoms with Gasteiger partial charge in [-0.15, -0.1) is 0 Å². The van der Waals surface area contributed by atoms with Crippen LogP contribution in [0.3, 0.4) is 0 Å². The lowest BCUT2D eigenvalue weighted by molar-refractivity contribution is -0.136. The summed E-state index contributed by atoms with van der Waals surface area (Å²) in [7, 11) is 2.75. The standard InChI is InChI=1S/C21H24F2N4O5/c1-13(28)32-19-17(30-2)7-14(8-18(19)31-3)11-25-27-12-21(22,23)9-16(27)20(29)26-6-4-5-15(26)10-24/h7-8,11,15-16H,4-6,9,12H2,1-3H3/b25-11+/t15-,16-/m0/s1. The van der Waals surface area contributed by atoms with Crippen molar-refractivity contribution in [3.63, 3.8) is 0 Å². The van der Waals surface area contributed by atoms with E-state index in [1.54, 1.807) is 0 Å². The van der Waals surface area contributed by atoms with E-state index in [0.29, 0.717) is 24.9 Å². The van der Waals surface area contributed by atoms with Gasteiger partial charge >= 0.3 is 5.97 Å². The Hall–Kier alpha value is -3.42. The zero-order valence-corrected chi connectivity index (χ0v) is 18.0. The predicted octanol–water partition coefficient (Wildman–Crippen LogP) is 2.19. The Labute approximate surface area is 184 Å². The van der Waals surface area contributed by atoms with Crippen molar-refractivity contribution >= 4 is 18.1 Å². The van der Waals surface area contributed by atoms with Crippen LogP contribution in [0.2, 0.25) is 0 Å². The minimum Gasteiger partial charge on any atom is -0.493 e. The molecule has 2 saturated heterocycles. The fourth-order valence-electron chi connectivity index (χ4n) is 3.85. The van der Waals surface area contributed by atoms with Crippen molar-refractivity contribution in [2.75, 3.05) is 27.3 Å². The van der Waals surface area contributed by atoms with Gasteiger partial charge in [0.05, 0.1) is 26.5 Å². The summed E-state index contributed by atoms with van der Waals surface area (Å²) in [6, 6.07) is 3.28. The molecule has 2 aliphatic heterocycles. The van der Waals surface area contributed by atoms with Gasteiger partial charge in [-0.25, -0.2) is 8.78 Å². The van der Waals surface area contributed by atoms with Crippen LogP contribution in [0.4, 0.5) is 8.78 Å². The molecule has 2 heterocycles. The molecular weight excluding hydrogens is 426 g/mol. The van der Waals surface area contributed by atoms with Gasteiger partial charge in [-0.1, -0.05) is 0 Å². The van der Waals surface area contributed by atoms with Crippen molar-refractivity contribution in [1.82, 2.24) is 9.91 Å².